The lowest BCUT2D eigenvalue weighted by atomic mass is 10.0. The second-order valence-corrected chi connectivity index (χ2v) is 7.83. The summed E-state index contributed by atoms with van der Waals surface area (Å²) >= 11 is 0. The number of hydrogen-bond donors (Lipinski definition) is 1. The number of amides is 2. The molecule has 0 radical (unpaired) electrons. The number of benzene rings is 2. The second-order valence-electron chi connectivity index (χ2n) is 7.83. The molecule has 0 aliphatic carbocycles. The molecule has 164 valence electrons. The highest BCUT2D eigenvalue weighted by Gasteiger charge is 2.35. The van der Waals surface area contributed by atoms with E-state index in [1.807, 2.05) is 51.1 Å². The summed E-state index contributed by atoms with van der Waals surface area (Å²) in [5, 5.41) is 8.90. The molecular weight excluding hydrogens is 394 g/mol. The highest BCUT2D eigenvalue weighted by atomic mass is 16.6. The van der Waals surface area contributed by atoms with Crippen molar-refractivity contribution >= 4 is 12.0 Å². The number of aryl methyl sites for hydroxylation is 1. The molecule has 0 bridgehead atoms. The van der Waals surface area contributed by atoms with Crippen molar-refractivity contribution in [3.05, 3.63) is 65.2 Å². The zero-order chi connectivity index (χ0) is 23.0. The number of carbonyl (C=O) groups is 2. The molecule has 2 N–H and O–H groups in total. The van der Waals surface area contributed by atoms with Gasteiger partial charge in [-0.25, -0.2) is 4.79 Å². The van der Waals surface area contributed by atoms with Gasteiger partial charge < -0.3 is 15.2 Å². The largest absolute Gasteiger partial charge is 0.491 e. The number of hydrogen-bond acceptors (Lipinski definition) is 5. The Labute approximate surface area is 183 Å². The van der Waals surface area contributed by atoms with E-state index in [4.69, 9.17) is 20.5 Å². The predicted octanol–water partition coefficient (Wildman–Crippen LogP) is 3.78. The third kappa shape index (κ3) is 6.75. The lowest BCUT2D eigenvalue weighted by molar-refractivity contribution is -0.125. The summed E-state index contributed by atoms with van der Waals surface area (Å²) in [6.45, 7) is 7.61. The zero-order valence-corrected chi connectivity index (χ0v) is 18.4. The van der Waals surface area contributed by atoms with Gasteiger partial charge in [0.15, 0.2) is 0 Å². The van der Waals surface area contributed by atoms with Gasteiger partial charge in [-0.1, -0.05) is 43.7 Å². The Hall–Kier alpha value is -3.53. The van der Waals surface area contributed by atoms with Crippen LogP contribution in [0.25, 0.3) is 0 Å². The highest BCUT2D eigenvalue weighted by Crippen LogP contribution is 2.19. The molecule has 31 heavy (non-hydrogen) atoms. The predicted molar refractivity (Wildman–Crippen MR) is 117 cm³/mol. The van der Waals surface area contributed by atoms with Crippen molar-refractivity contribution in [3.63, 3.8) is 0 Å². The lowest BCUT2D eigenvalue weighted by Crippen LogP contribution is -2.55. The maximum absolute atomic E-state index is 13.0. The van der Waals surface area contributed by atoms with Crippen molar-refractivity contribution in [2.24, 2.45) is 11.7 Å². The average Bonchev–Trinajstić information content (AvgIpc) is 2.74. The normalized spacial score (nSPS) is 12.5. The van der Waals surface area contributed by atoms with Gasteiger partial charge in [-0.15, -0.1) is 0 Å². The SMILES string of the molecule is Cc1ccc(COC(=O)N(C(C)COc2ccc(C#N)cc2)[C@H](C(N)=O)C(C)C)cc1. The Balaban J connectivity index is 2.13. The molecule has 0 spiro atoms. The van der Waals surface area contributed by atoms with Gasteiger partial charge in [-0.2, -0.15) is 5.26 Å². The van der Waals surface area contributed by atoms with Crippen LogP contribution in [0.1, 0.15) is 37.5 Å². The maximum Gasteiger partial charge on any atom is 0.411 e. The van der Waals surface area contributed by atoms with Gasteiger partial charge in [-0.05, 0) is 49.6 Å². The third-order valence-electron chi connectivity index (χ3n) is 4.87. The summed E-state index contributed by atoms with van der Waals surface area (Å²) in [6, 6.07) is 15.0. The van der Waals surface area contributed by atoms with Crippen LogP contribution in [-0.2, 0) is 16.1 Å². The van der Waals surface area contributed by atoms with Crippen LogP contribution in [0.15, 0.2) is 48.5 Å². The van der Waals surface area contributed by atoms with Gasteiger partial charge in [0.05, 0.1) is 17.7 Å². The lowest BCUT2D eigenvalue weighted by Gasteiger charge is -2.35. The Morgan fingerprint density at radius 1 is 1.06 bits per heavy atom. The van der Waals surface area contributed by atoms with Crippen LogP contribution in [0, 0.1) is 24.2 Å². The minimum absolute atomic E-state index is 0.0857. The smallest absolute Gasteiger partial charge is 0.411 e. The van der Waals surface area contributed by atoms with E-state index in [1.54, 1.807) is 31.2 Å². The molecule has 0 aliphatic heterocycles. The average molecular weight is 424 g/mol. The molecule has 0 heterocycles. The summed E-state index contributed by atoms with van der Waals surface area (Å²) in [7, 11) is 0. The Morgan fingerprint density at radius 2 is 1.68 bits per heavy atom. The van der Waals surface area contributed by atoms with E-state index < -0.39 is 24.1 Å². The van der Waals surface area contributed by atoms with E-state index in [0.717, 1.165) is 11.1 Å². The van der Waals surface area contributed by atoms with Crippen molar-refractivity contribution in [1.29, 1.82) is 5.26 Å². The molecular formula is C24H29N3O4. The number of nitrogens with two attached hydrogens (primary N) is 1. The molecule has 2 rings (SSSR count). The maximum atomic E-state index is 13.0. The third-order valence-corrected chi connectivity index (χ3v) is 4.87. The van der Waals surface area contributed by atoms with Crippen LogP contribution in [0.4, 0.5) is 4.79 Å². The fourth-order valence-electron chi connectivity index (χ4n) is 3.18. The number of nitriles is 1. The number of ether oxygens (including phenoxy) is 2. The number of rotatable bonds is 9. The standard InChI is InChI=1S/C24H29N3O4/c1-16(2)22(23(26)28)27(24(29)31-15-20-7-5-17(3)6-8-20)18(4)14-30-21-11-9-19(13-25)10-12-21/h5-12,16,18,22H,14-15H2,1-4H3,(H2,26,28)/t18?,22-/m0/s1. The van der Waals surface area contributed by atoms with Crippen LogP contribution in [0.2, 0.25) is 0 Å². The second kappa shape index (κ2) is 11.0. The van der Waals surface area contributed by atoms with E-state index in [9.17, 15) is 9.59 Å². The summed E-state index contributed by atoms with van der Waals surface area (Å²) in [4.78, 5) is 26.5. The first-order valence-electron chi connectivity index (χ1n) is 10.2. The van der Waals surface area contributed by atoms with E-state index in [2.05, 4.69) is 0 Å². The van der Waals surface area contributed by atoms with Gasteiger partial charge in [-0.3, -0.25) is 9.69 Å². The van der Waals surface area contributed by atoms with Gasteiger partial charge in [0.1, 0.15) is 25.0 Å². The summed E-state index contributed by atoms with van der Waals surface area (Å²) in [5.74, 6) is -0.256. The first kappa shape index (κ1) is 23.7. The van der Waals surface area contributed by atoms with Crippen LogP contribution in [0.5, 0.6) is 5.75 Å². The molecule has 2 aromatic carbocycles. The van der Waals surface area contributed by atoms with E-state index >= 15 is 0 Å². The molecule has 1 unspecified atom stereocenters. The van der Waals surface area contributed by atoms with Crippen LogP contribution in [-0.4, -0.2) is 35.6 Å². The summed E-state index contributed by atoms with van der Waals surface area (Å²) in [5.41, 5.74) is 8.10. The van der Waals surface area contributed by atoms with Crippen molar-refractivity contribution < 1.29 is 19.1 Å². The Kier molecular flexibility index (Phi) is 8.44. The van der Waals surface area contributed by atoms with Crippen molar-refractivity contribution in [2.75, 3.05) is 6.61 Å². The van der Waals surface area contributed by atoms with Gasteiger partial charge in [0.2, 0.25) is 5.91 Å². The number of primary amides is 1. The minimum atomic E-state index is -0.843. The van der Waals surface area contributed by atoms with Crippen LogP contribution < -0.4 is 10.5 Å². The Bertz CT molecular complexity index is 917. The van der Waals surface area contributed by atoms with E-state index in [0.29, 0.717) is 11.3 Å². The molecule has 2 aromatic rings. The zero-order valence-electron chi connectivity index (χ0n) is 18.4. The molecule has 0 saturated carbocycles. The van der Waals surface area contributed by atoms with Crippen molar-refractivity contribution in [2.45, 2.75) is 46.4 Å². The summed E-state index contributed by atoms with van der Waals surface area (Å²) in [6.07, 6.45) is -0.631. The molecule has 0 fully saturated rings. The summed E-state index contributed by atoms with van der Waals surface area (Å²) < 4.78 is 11.3. The van der Waals surface area contributed by atoms with Crippen molar-refractivity contribution in [1.82, 2.24) is 4.90 Å². The first-order valence-corrected chi connectivity index (χ1v) is 10.2. The van der Waals surface area contributed by atoms with Gasteiger partial charge in [0, 0.05) is 0 Å². The highest BCUT2D eigenvalue weighted by molar-refractivity contribution is 5.84. The van der Waals surface area contributed by atoms with Gasteiger partial charge in [0.25, 0.3) is 0 Å². The van der Waals surface area contributed by atoms with E-state index in [-0.39, 0.29) is 19.1 Å². The number of nitrogens with zero attached hydrogens (tertiary/aromatic N) is 2. The first-order chi connectivity index (χ1) is 14.7. The van der Waals surface area contributed by atoms with Crippen LogP contribution >= 0.6 is 0 Å². The molecule has 0 aliphatic rings. The molecule has 0 aromatic heterocycles. The van der Waals surface area contributed by atoms with Crippen molar-refractivity contribution in [3.8, 4) is 11.8 Å². The molecule has 7 nitrogen and oxygen atoms in total. The van der Waals surface area contributed by atoms with E-state index in [1.165, 1.54) is 4.90 Å². The topological polar surface area (TPSA) is 106 Å². The monoisotopic (exact) mass is 423 g/mol. The Morgan fingerprint density at radius 3 is 2.19 bits per heavy atom. The molecule has 0 saturated heterocycles. The fourth-order valence-corrected chi connectivity index (χ4v) is 3.18. The molecule has 7 heteroatoms. The number of carbonyl (C=O) groups excluding carboxylic acids is 2. The van der Waals surface area contributed by atoms with Crippen LogP contribution in [0.3, 0.4) is 0 Å². The quantitative estimate of drug-likeness (QED) is 0.661. The molecule has 2 amide bonds. The molecule has 2 atom stereocenters. The van der Waals surface area contributed by atoms with Gasteiger partial charge >= 0.3 is 6.09 Å². The fraction of sp³-hybridized carbons (Fsp3) is 0.375. The minimum Gasteiger partial charge on any atom is -0.491 e.